The van der Waals surface area contributed by atoms with Crippen LogP contribution in [0, 0.1) is 6.92 Å². The van der Waals surface area contributed by atoms with Crippen LogP contribution in [0.1, 0.15) is 31.9 Å². The summed E-state index contributed by atoms with van der Waals surface area (Å²) in [4.78, 5) is 0. The normalized spacial score (nSPS) is 12.7. The molecule has 0 saturated carbocycles. The molecule has 0 aliphatic heterocycles. The lowest BCUT2D eigenvalue weighted by Gasteiger charge is -2.18. The molecule has 0 aliphatic carbocycles. The van der Waals surface area contributed by atoms with E-state index in [1.807, 2.05) is 13.0 Å². The molecule has 2 aromatic carbocycles. The van der Waals surface area contributed by atoms with Gasteiger partial charge in [0.15, 0.2) is 11.3 Å². The molecule has 1 atom stereocenters. The zero-order valence-corrected chi connectivity index (χ0v) is 15.6. The van der Waals surface area contributed by atoms with E-state index in [1.54, 1.807) is 7.11 Å². The number of aryl methyl sites for hydroxylation is 1. The van der Waals surface area contributed by atoms with Crippen molar-refractivity contribution in [3.05, 3.63) is 41.5 Å². The fraction of sp³-hybridized carbons (Fsp3) is 0.333. The molecule has 0 bridgehead atoms. The fourth-order valence-electron chi connectivity index (χ4n) is 2.64. The molecule has 3 nitrogen and oxygen atoms in total. The van der Waals surface area contributed by atoms with Crippen LogP contribution >= 0.6 is 18.6 Å². The third-order valence-electron chi connectivity index (χ3n) is 3.89. The second-order valence-corrected chi connectivity index (χ2v) is 8.32. The molecule has 0 fully saturated rings. The van der Waals surface area contributed by atoms with Gasteiger partial charge in [0, 0.05) is 22.0 Å². The van der Waals surface area contributed by atoms with Gasteiger partial charge < -0.3 is 13.1 Å². The van der Waals surface area contributed by atoms with Gasteiger partial charge in [-0.15, -0.1) is 0 Å². The van der Waals surface area contributed by atoms with Crippen LogP contribution in [0.4, 0.5) is 0 Å². The van der Waals surface area contributed by atoms with Crippen molar-refractivity contribution in [2.24, 2.45) is 0 Å². The summed E-state index contributed by atoms with van der Waals surface area (Å²) in [5.74, 6) is 0.671. The van der Waals surface area contributed by atoms with Crippen molar-refractivity contribution in [3.63, 3.8) is 0 Å². The number of ether oxygens (including phenoxy) is 1. The maximum atomic E-state index is 6.28. The summed E-state index contributed by atoms with van der Waals surface area (Å²) >= 11 is 6.28. The molecule has 0 radical (unpaired) electrons. The minimum atomic E-state index is -1.58. The van der Waals surface area contributed by atoms with Gasteiger partial charge in [-0.2, -0.15) is 0 Å². The molecule has 1 aromatic heterocycles. The number of methoxy groups -OCH3 is 1. The lowest BCUT2D eigenvalue weighted by Crippen LogP contribution is -2.10. The number of hydrogen-bond donors (Lipinski definition) is 0. The largest absolute Gasteiger partial charge is 0.493 e. The van der Waals surface area contributed by atoms with E-state index in [2.05, 4.69) is 45.0 Å². The van der Waals surface area contributed by atoms with E-state index in [1.165, 1.54) is 5.56 Å². The maximum Gasteiger partial charge on any atom is 0.327 e. The molecular formula is C18H20ClO3P. The highest BCUT2D eigenvalue weighted by Gasteiger charge is 2.16. The van der Waals surface area contributed by atoms with Gasteiger partial charge in [-0.3, -0.25) is 0 Å². The molecule has 0 amide bonds. The predicted octanol–water partition coefficient (Wildman–Crippen LogP) is 6.91. The smallest absolute Gasteiger partial charge is 0.327 e. The highest BCUT2D eigenvalue weighted by atomic mass is 35.7. The number of hydrogen-bond acceptors (Lipinski definition) is 3. The first kappa shape index (κ1) is 16.3. The predicted molar refractivity (Wildman–Crippen MR) is 97.6 cm³/mol. The maximum absolute atomic E-state index is 6.28. The van der Waals surface area contributed by atoms with Crippen molar-refractivity contribution >= 4 is 40.5 Å². The molecule has 0 saturated heterocycles. The lowest BCUT2D eigenvalue weighted by molar-refractivity contribution is 0.413. The minimum Gasteiger partial charge on any atom is -0.493 e. The van der Waals surface area contributed by atoms with Crippen LogP contribution in [-0.2, 0) is 5.41 Å². The van der Waals surface area contributed by atoms with Crippen molar-refractivity contribution in [1.82, 2.24) is 0 Å². The molecule has 0 N–H and O–H groups in total. The van der Waals surface area contributed by atoms with Crippen LogP contribution in [0.5, 0.6) is 5.75 Å². The Morgan fingerprint density at radius 3 is 2.43 bits per heavy atom. The fourth-order valence-corrected chi connectivity index (χ4v) is 3.75. The number of fused-ring (bicyclic) bond motifs is 3. The van der Waals surface area contributed by atoms with E-state index in [-0.39, 0.29) is 5.41 Å². The van der Waals surface area contributed by atoms with Crippen LogP contribution in [0.15, 0.2) is 38.7 Å². The zero-order chi connectivity index (χ0) is 16.8. The van der Waals surface area contributed by atoms with Crippen molar-refractivity contribution in [2.75, 3.05) is 7.11 Å². The van der Waals surface area contributed by atoms with Crippen LogP contribution < -0.4 is 4.74 Å². The second kappa shape index (κ2) is 5.81. The molecule has 1 heterocycles. The third kappa shape index (κ3) is 3.08. The van der Waals surface area contributed by atoms with E-state index in [4.69, 9.17) is 24.4 Å². The molecule has 23 heavy (non-hydrogen) atoms. The summed E-state index contributed by atoms with van der Waals surface area (Å²) in [6, 6.07) is 10.3. The highest BCUT2D eigenvalue weighted by Crippen LogP contribution is 2.42. The first-order chi connectivity index (χ1) is 10.8. The Hall–Kier alpha value is -1.57. The SMILES string of the molecule is COc1cc(C)cc2c1op(Cl)oc1cc(C(C)(C)C)ccc12. The Morgan fingerprint density at radius 2 is 1.78 bits per heavy atom. The Morgan fingerprint density at radius 1 is 1.04 bits per heavy atom. The van der Waals surface area contributed by atoms with Gasteiger partial charge in [-0.05, 0) is 41.7 Å². The van der Waals surface area contributed by atoms with Crippen molar-refractivity contribution in [3.8, 4) is 5.75 Å². The van der Waals surface area contributed by atoms with E-state index in [9.17, 15) is 0 Å². The van der Waals surface area contributed by atoms with Gasteiger partial charge in [0.1, 0.15) is 5.58 Å². The summed E-state index contributed by atoms with van der Waals surface area (Å²) in [6.07, 6.45) is 0. The van der Waals surface area contributed by atoms with E-state index < -0.39 is 7.37 Å². The summed E-state index contributed by atoms with van der Waals surface area (Å²) in [7, 11) is 0.0502. The molecule has 122 valence electrons. The average molecular weight is 351 g/mol. The molecular weight excluding hydrogens is 331 g/mol. The lowest BCUT2D eigenvalue weighted by atomic mass is 9.86. The van der Waals surface area contributed by atoms with Gasteiger partial charge in [0.25, 0.3) is 0 Å². The van der Waals surface area contributed by atoms with Crippen LogP contribution in [0.25, 0.3) is 21.9 Å². The summed E-state index contributed by atoms with van der Waals surface area (Å²) in [5.41, 5.74) is 3.72. The molecule has 5 heteroatoms. The summed E-state index contributed by atoms with van der Waals surface area (Å²) in [6.45, 7) is 8.55. The second-order valence-electron chi connectivity index (χ2n) is 6.70. The standard InChI is InChI=1S/C18H20ClO3P/c1-11-8-14-13-7-6-12(18(2,3)4)10-15(13)21-23(19)22-17(14)16(9-11)20-5/h6-10H,1-5H3. The van der Waals surface area contributed by atoms with Gasteiger partial charge in [0.2, 0.25) is 0 Å². The van der Waals surface area contributed by atoms with Crippen LogP contribution in [-0.4, -0.2) is 7.11 Å². The Bertz CT molecular complexity index is 923. The molecule has 3 aromatic rings. The topological polar surface area (TPSA) is 35.5 Å². The summed E-state index contributed by atoms with van der Waals surface area (Å²) < 4.78 is 17.2. The molecule has 0 aliphatic rings. The van der Waals surface area contributed by atoms with Crippen LogP contribution in [0.3, 0.4) is 0 Å². The van der Waals surface area contributed by atoms with Gasteiger partial charge in [-0.1, -0.05) is 32.9 Å². The molecule has 0 spiro atoms. The first-order valence-electron chi connectivity index (χ1n) is 7.45. The van der Waals surface area contributed by atoms with E-state index in [0.29, 0.717) is 11.3 Å². The van der Waals surface area contributed by atoms with Gasteiger partial charge in [-0.25, -0.2) is 0 Å². The van der Waals surface area contributed by atoms with Crippen molar-refractivity contribution in [1.29, 1.82) is 0 Å². The summed E-state index contributed by atoms with van der Waals surface area (Å²) in [5, 5.41) is 1.92. The average Bonchev–Trinajstić information content (AvgIpc) is 2.60. The Balaban J connectivity index is 2.50. The monoisotopic (exact) mass is 350 g/mol. The zero-order valence-electron chi connectivity index (χ0n) is 13.9. The first-order valence-corrected chi connectivity index (χ1v) is 9.53. The minimum absolute atomic E-state index is 0.0355. The van der Waals surface area contributed by atoms with E-state index in [0.717, 1.165) is 21.9 Å². The third-order valence-corrected chi connectivity index (χ3v) is 4.97. The van der Waals surface area contributed by atoms with Crippen LogP contribution in [0.2, 0.25) is 0 Å². The Labute approximate surface area is 141 Å². The highest BCUT2D eigenvalue weighted by molar-refractivity contribution is 7.68. The van der Waals surface area contributed by atoms with Gasteiger partial charge >= 0.3 is 7.37 Å². The molecule has 3 rings (SSSR count). The Kier molecular flexibility index (Phi) is 4.12. The van der Waals surface area contributed by atoms with E-state index >= 15 is 0 Å². The molecule has 1 unspecified atom stereocenters. The quantitative estimate of drug-likeness (QED) is 0.478. The van der Waals surface area contributed by atoms with Crippen molar-refractivity contribution in [2.45, 2.75) is 33.1 Å². The number of rotatable bonds is 1. The number of halogens is 1. The van der Waals surface area contributed by atoms with Crippen molar-refractivity contribution < 1.29 is 13.1 Å². The van der Waals surface area contributed by atoms with Gasteiger partial charge in [0.05, 0.1) is 7.11 Å². The number of benzene rings is 2.